The molecule has 0 spiro atoms. The van der Waals surface area contributed by atoms with Crippen LogP contribution in [0.2, 0.25) is 0 Å². The summed E-state index contributed by atoms with van der Waals surface area (Å²) in [6.07, 6.45) is 5.01. The topological polar surface area (TPSA) is 12.9 Å². The van der Waals surface area contributed by atoms with Gasteiger partial charge in [-0.25, -0.2) is 4.98 Å². The normalized spacial score (nSPS) is 12.8. The van der Waals surface area contributed by atoms with E-state index in [0.29, 0.717) is 4.83 Å². The van der Waals surface area contributed by atoms with Crippen molar-refractivity contribution in [1.29, 1.82) is 0 Å². The summed E-state index contributed by atoms with van der Waals surface area (Å²) >= 11 is 3.55. The predicted molar refractivity (Wildman–Crippen MR) is 55.4 cm³/mol. The fraction of sp³-hybridized carbons (Fsp3) is 0.500. The lowest BCUT2D eigenvalue weighted by Crippen LogP contribution is -1.92. The molecule has 1 aromatic rings. The van der Waals surface area contributed by atoms with E-state index in [1.54, 1.807) is 12.3 Å². The lowest BCUT2D eigenvalue weighted by Gasteiger charge is -2.07. The zero-order valence-electron chi connectivity index (χ0n) is 7.63. The smallest absolute Gasteiger partial charge is 0.212 e. The van der Waals surface area contributed by atoms with Crippen LogP contribution in [0.25, 0.3) is 0 Å². The summed E-state index contributed by atoms with van der Waals surface area (Å²) in [5.41, 5.74) is 1.05. The van der Waals surface area contributed by atoms with Gasteiger partial charge in [-0.15, -0.1) is 0 Å². The molecule has 1 atom stereocenters. The zero-order chi connectivity index (χ0) is 9.68. The summed E-state index contributed by atoms with van der Waals surface area (Å²) < 4.78 is 12.5. The number of alkyl halides is 1. The highest BCUT2D eigenvalue weighted by Crippen LogP contribution is 2.27. The molecule has 1 heterocycles. The molecule has 3 heteroatoms. The van der Waals surface area contributed by atoms with Crippen LogP contribution in [0.3, 0.4) is 0 Å². The van der Waals surface area contributed by atoms with Crippen molar-refractivity contribution >= 4 is 15.9 Å². The molecule has 0 amide bonds. The Balaban J connectivity index is 2.55. The first-order valence-corrected chi connectivity index (χ1v) is 5.41. The predicted octanol–water partition coefficient (Wildman–Crippen LogP) is 3.85. The maximum Gasteiger partial charge on any atom is 0.212 e. The molecule has 0 aromatic carbocycles. The number of unbranched alkanes of at least 4 members (excludes halogenated alkanes) is 1. The first kappa shape index (κ1) is 10.6. The summed E-state index contributed by atoms with van der Waals surface area (Å²) in [7, 11) is 0. The van der Waals surface area contributed by atoms with Gasteiger partial charge in [-0.1, -0.05) is 41.8 Å². The fourth-order valence-corrected chi connectivity index (χ4v) is 1.72. The summed E-state index contributed by atoms with van der Waals surface area (Å²) in [6, 6.07) is 3.17. The number of pyridine rings is 1. The van der Waals surface area contributed by atoms with Crippen LogP contribution in [0.5, 0.6) is 0 Å². The molecule has 1 rings (SSSR count). The molecule has 0 fully saturated rings. The SMILES string of the molecule is CCCCC(Br)c1ccc(F)nc1. The molecule has 1 aromatic heterocycles. The number of rotatable bonds is 4. The monoisotopic (exact) mass is 245 g/mol. The van der Waals surface area contributed by atoms with Gasteiger partial charge in [-0.3, -0.25) is 0 Å². The Labute approximate surface area is 86.5 Å². The first-order valence-electron chi connectivity index (χ1n) is 4.49. The zero-order valence-corrected chi connectivity index (χ0v) is 9.22. The van der Waals surface area contributed by atoms with Crippen molar-refractivity contribution in [3.05, 3.63) is 29.8 Å². The Hall–Kier alpha value is -0.440. The Morgan fingerprint density at radius 3 is 2.85 bits per heavy atom. The second kappa shape index (κ2) is 5.32. The lowest BCUT2D eigenvalue weighted by molar-refractivity contribution is 0.581. The Bertz CT molecular complexity index is 248. The summed E-state index contributed by atoms with van der Waals surface area (Å²) in [5, 5.41) is 0. The third-order valence-electron chi connectivity index (χ3n) is 1.92. The van der Waals surface area contributed by atoms with Crippen molar-refractivity contribution in [2.75, 3.05) is 0 Å². The van der Waals surface area contributed by atoms with Crippen LogP contribution in [-0.4, -0.2) is 4.98 Å². The number of nitrogens with zero attached hydrogens (tertiary/aromatic N) is 1. The molecule has 0 aliphatic heterocycles. The van der Waals surface area contributed by atoms with Crippen LogP contribution in [-0.2, 0) is 0 Å². The van der Waals surface area contributed by atoms with Gasteiger partial charge >= 0.3 is 0 Å². The van der Waals surface area contributed by atoms with E-state index in [0.717, 1.165) is 12.0 Å². The lowest BCUT2D eigenvalue weighted by atomic mass is 10.1. The van der Waals surface area contributed by atoms with Crippen LogP contribution in [0.1, 0.15) is 36.6 Å². The van der Waals surface area contributed by atoms with Crippen molar-refractivity contribution in [2.24, 2.45) is 0 Å². The highest BCUT2D eigenvalue weighted by atomic mass is 79.9. The highest BCUT2D eigenvalue weighted by molar-refractivity contribution is 9.09. The van der Waals surface area contributed by atoms with E-state index >= 15 is 0 Å². The molecule has 13 heavy (non-hydrogen) atoms. The van der Waals surface area contributed by atoms with Crippen LogP contribution >= 0.6 is 15.9 Å². The average molecular weight is 246 g/mol. The number of hydrogen-bond donors (Lipinski definition) is 0. The van der Waals surface area contributed by atoms with Crippen molar-refractivity contribution in [3.8, 4) is 0 Å². The van der Waals surface area contributed by atoms with Crippen LogP contribution < -0.4 is 0 Å². The highest BCUT2D eigenvalue weighted by Gasteiger charge is 2.06. The van der Waals surface area contributed by atoms with Crippen LogP contribution in [0.4, 0.5) is 4.39 Å². The first-order chi connectivity index (χ1) is 6.24. The Morgan fingerprint density at radius 2 is 2.31 bits per heavy atom. The van der Waals surface area contributed by atoms with Gasteiger partial charge in [0, 0.05) is 11.0 Å². The summed E-state index contributed by atoms with van der Waals surface area (Å²) in [5.74, 6) is -0.418. The quantitative estimate of drug-likeness (QED) is 0.580. The molecule has 0 radical (unpaired) electrons. The third kappa shape index (κ3) is 3.43. The van der Waals surface area contributed by atoms with E-state index < -0.39 is 5.95 Å². The molecule has 0 N–H and O–H groups in total. The number of aromatic nitrogens is 1. The van der Waals surface area contributed by atoms with Gasteiger partial charge in [-0.05, 0) is 18.1 Å². The maximum atomic E-state index is 12.5. The van der Waals surface area contributed by atoms with Gasteiger partial charge in [0.25, 0.3) is 0 Å². The minimum atomic E-state index is -0.418. The number of halogens is 2. The average Bonchev–Trinajstić information content (AvgIpc) is 2.15. The molecule has 72 valence electrons. The van der Waals surface area contributed by atoms with Gasteiger partial charge in [0.2, 0.25) is 5.95 Å². The van der Waals surface area contributed by atoms with Crippen molar-refractivity contribution in [2.45, 2.75) is 31.0 Å². The van der Waals surface area contributed by atoms with Gasteiger partial charge in [0.15, 0.2) is 0 Å². The second-order valence-corrected chi connectivity index (χ2v) is 4.13. The Morgan fingerprint density at radius 1 is 1.54 bits per heavy atom. The van der Waals surface area contributed by atoms with E-state index in [1.165, 1.54) is 18.9 Å². The van der Waals surface area contributed by atoms with E-state index in [2.05, 4.69) is 27.8 Å². The van der Waals surface area contributed by atoms with Gasteiger partial charge < -0.3 is 0 Å². The van der Waals surface area contributed by atoms with Gasteiger partial charge in [-0.2, -0.15) is 4.39 Å². The molecule has 0 aliphatic carbocycles. The van der Waals surface area contributed by atoms with Crippen LogP contribution in [0, 0.1) is 5.95 Å². The van der Waals surface area contributed by atoms with E-state index in [4.69, 9.17) is 0 Å². The molecular weight excluding hydrogens is 233 g/mol. The number of hydrogen-bond acceptors (Lipinski definition) is 1. The van der Waals surface area contributed by atoms with Crippen LogP contribution in [0.15, 0.2) is 18.3 Å². The summed E-state index contributed by atoms with van der Waals surface area (Å²) in [4.78, 5) is 3.92. The van der Waals surface area contributed by atoms with E-state index in [1.807, 2.05) is 0 Å². The third-order valence-corrected chi connectivity index (χ3v) is 2.91. The minimum Gasteiger partial charge on any atom is -0.228 e. The molecule has 0 aliphatic rings. The largest absolute Gasteiger partial charge is 0.228 e. The van der Waals surface area contributed by atoms with Crippen molar-refractivity contribution in [1.82, 2.24) is 4.98 Å². The van der Waals surface area contributed by atoms with E-state index in [-0.39, 0.29) is 0 Å². The van der Waals surface area contributed by atoms with Gasteiger partial charge in [0.1, 0.15) is 0 Å². The molecule has 1 unspecified atom stereocenters. The molecule has 0 saturated heterocycles. The van der Waals surface area contributed by atoms with Crippen molar-refractivity contribution < 1.29 is 4.39 Å². The van der Waals surface area contributed by atoms with E-state index in [9.17, 15) is 4.39 Å². The van der Waals surface area contributed by atoms with Crippen molar-refractivity contribution in [3.63, 3.8) is 0 Å². The van der Waals surface area contributed by atoms with Gasteiger partial charge in [0.05, 0.1) is 0 Å². The maximum absolute atomic E-state index is 12.5. The Kier molecular flexibility index (Phi) is 4.36. The molecule has 0 bridgehead atoms. The second-order valence-electron chi connectivity index (χ2n) is 3.02. The fourth-order valence-electron chi connectivity index (χ4n) is 1.12. The standard InChI is InChI=1S/C10H13BrFN/c1-2-3-4-9(11)8-5-6-10(12)13-7-8/h5-7,9H,2-4H2,1H3. The minimum absolute atomic E-state index is 0.306. The summed E-state index contributed by atoms with van der Waals surface area (Å²) in [6.45, 7) is 2.16. The molecule has 0 saturated carbocycles. The molecular formula is C10H13BrFN. The molecule has 1 nitrogen and oxygen atoms in total.